The number of anilines is 1. The minimum Gasteiger partial charge on any atom is -0.350 e. The number of hydrogen-bond acceptors (Lipinski definition) is 6. The number of carbonyl (C=O) groups excluding carboxylic acids is 3. The quantitative estimate of drug-likeness (QED) is 0.458. The summed E-state index contributed by atoms with van der Waals surface area (Å²) in [7, 11) is -4.87. The number of hydrogen-bond donors (Lipinski definition) is 3. The number of piperidine rings is 1. The van der Waals surface area contributed by atoms with Crippen LogP contribution in [0.3, 0.4) is 0 Å². The highest BCUT2D eigenvalue weighted by Gasteiger charge is 2.49. The lowest BCUT2D eigenvalue weighted by Gasteiger charge is -2.31. The van der Waals surface area contributed by atoms with Gasteiger partial charge in [-0.1, -0.05) is 18.2 Å². The Balaban J connectivity index is 1.74. The van der Waals surface area contributed by atoms with E-state index < -0.39 is 40.5 Å². The first-order valence-corrected chi connectivity index (χ1v) is 9.26. The second-order valence-corrected chi connectivity index (χ2v) is 7.00. The molecule has 0 saturated carbocycles. The molecule has 5 amide bonds. The fourth-order valence-electron chi connectivity index (χ4n) is 3.11. The number of benzene rings is 1. The number of carbonyl (C=O) groups is 3. The highest BCUT2D eigenvalue weighted by Crippen LogP contribution is 2.30. The number of rotatable bonds is 4. The highest BCUT2D eigenvalue weighted by molar-refractivity contribution is 7.80. The number of nitrogens with zero attached hydrogens (tertiary/aromatic N) is 3. The van der Waals surface area contributed by atoms with Crippen LogP contribution < -0.4 is 16.2 Å². The summed E-state index contributed by atoms with van der Waals surface area (Å²) >= 11 is 0. The second kappa shape index (κ2) is 7.02. The first kappa shape index (κ1) is 18.9. The molecule has 0 aliphatic carbocycles. The summed E-state index contributed by atoms with van der Waals surface area (Å²) in [6.07, 6.45) is 0.465. The Bertz CT molecular complexity index is 862. The van der Waals surface area contributed by atoms with Crippen LogP contribution in [0.2, 0.25) is 0 Å². The van der Waals surface area contributed by atoms with Crippen LogP contribution in [0.1, 0.15) is 12.8 Å². The predicted octanol–water partition coefficient (Wildman–Crippen LogP) is -0.394. The molecule has 2 saturated heterocycles. The molecule has 2 aliphatic heterocycles. The monoisotopic (exact) mass is 399 g/mol. The molecule has 2 heterocycles. The zero-order valence-electron chi connectivity index (χ0n) is 13.9. The number of para-hydroxylation sites is 1. The number of nitrogens with two attached hydrogens (primary N) is 1. The van der Waals surface area contributed by atoms with Crippen molar-refractivity contribution in [2.45, 2.75) is 24.9 Å². The molecule has 4 N–H and O–H groups in total. The predicted molar refractivity (Wildman–Crippen MR) is 90.0 cm³/mol. The number of amides is 5. The maximum absolute atomic E-state index is 12.6. The van der Waals surface area contributed by atoms with E-state index in [2.05, 4.69) is 9.71 Å². The van der Waals surface area contributed by atoms with Crippen LogP contribution >= 0.6 is 0 Å². The van der Waals surface area contributed by atoms with Gasteiger partial charge in [-0.3, -0.25) is 14.8 Å². The standard InChI is InChI=1S/C14H17N5O7S/c15-13(21)18(9-4-2-1-3-5-9)16-12(20)11-7-6-10-8-17(11)14(22)19(10)26-27(23,24)25/h1-5,10-11H,6-8H2,(H2,15,21)(H,16,20)(H,23,24,25)/t10-,11+/m1/s1. The van der Waals surface area contributed by atoms with E-state index >= 15 is 0 Å². The van der Waals surface area contributed by atoms with E-state index in [4.69, 9.17) is 10.3 Å². The average molecular weight is 399 g/mol. The molecule has 27 heavy (non-hydrogen) atoms. The summed E-state index contributed by atoms with van der Waals surface area (Å²) in [6, 6.07) is 4.76. The van der Waals surface area contributed by atoms with Crippen molar-refractivity contribution in [2.24, 2.45) is 5.73 Å². The molecule has 0 spiro atoms. The molecular formula is C14H17N5O7S. The van der Waals surface area contributed by atoms with Crippen molar-refractivity contribution in [2.75, 3.05) is 11.6 Å². The summed E-state index contributed by atoms with van der Waals surface area (Å²) in [4.78, 5) is 37.8. The van der Waals surface area contributed by atoms with Gasteiger partial charge < -0.3 is 10.6 Å². The Kier molecular flexibility index (Phi) is 4.91. The van der Waals surface area contributed by atoms with Gasteiger partial charge in [0.2, 0.25) is 0 Å². The van der Waals surface area contributed by atoms with Gasteiger partial charge in [0.1, 0.15) is 6.04 Å². The van der Waals surface area contributed by atoms with Crippen LogP contribution in [-0.4, -0.2) is 59.5 Å². The highest BCUT2D eigenvalue weighted by atomic mass is 32.3. The number of hydroxylamine groups is 2. The van der Waals surface area contributed by atoms with Gasteiger partial charge in [0, 0.05) is 6.54 Å². The molecular weight excluding hydrogens is 382 g/mol. The smallest absolute Gasteiger partial charge is 0.350 e. The van der Waals surface area contributed by atoms with Crippen molar-refractivity contribution < 1.29 is 31.6 Å². The molecule has 2 atom stereocenters. The van der Waals surface area contributed by atoms with Gasteiger partial charge in [-0.15, -0.1) is 4.28 Å². The lowest BCUT2D eigenvalue weighted by molar-refractivity contribution is -0.126. The van der Waals surface area contributed by atoms with Crippen LogP contribution in [0, 0.1) is 0 Å². The molecule has 2 fully saturated rings. The Morgan fingerprint density at radius 3 is 2.52 bits per heavy atom. The molecule has 2 aliphatic rings. The van der Waals surface area contributed by atoms with E-state index in [9.17, 15) is 22.8 Å². The van der Waals surface area contributed by atoms with Gasteiger partial charge in [0.15, 0.2) is 0 Å². The summed E-state index contributed by atoms with van der Waals surface area (Å²) in [5.74, 6) is -0.668. The van der Waals surface area contributed by atoms with Crippen LogP contribution in [-0.2, 0) is 19.5 Å². The normalized spacial score (nSPS) is 21.9. The summed E-state index contributed by atoms with van der Waals surface area (Å²) in [5, 5.41) is 1.38. The first-order chi connectivity index (χ1) is 12.7. The van der Waals surface area contributed by atoms with Gasteiger partial charge in [0.05, 0.1) is 11.7 Å². The number of primary amides is 1. The largest absolute Gasteiger partial charge is 0.418 e. The molecule has 0 aromatic heterocycles. The maximum atomic E-state index is 12.6. The lowest BCUT2D eigenvalue weighted by atomic mass is 10.0. The van der Waals surface area contributed by atoms with E-state index in [0.29, 0.717) is 10.8 Å². The Hall–Kier alpha value is -2.90. The van der Waals surface area contributed by atoms with E-state index in [1.165, 1.54) is 0 Å². The Morgan fingerprint density at radius 2 is 1.93 bits per heavy atom. The van der Waals surface area contributed by atoms with Crippen molar-refractivity contribution in [3.8, 4) is 0 Å². The fraction of sp³-hybridized carbons (Fsp3) is 0.357. The number of fused-ring (bicyclic) bond motifs is 2. The van der Waals surface area contributed by atoms with Crippen molar-refractivity contribution in [3.63, 3.8) is 0 Å². The third-order valence-electron chi connectivity index (χ3n) is 4.26. The van der Waals surface area contributed by atoms with Crippen LogP contribution in [0.15, 0.2) is 30.3 Å². The van der Waals surface area contributed by atoms with Gasteiger partial charge >= 0.3 is 22.5 Å². The number of urea groups is 2. The SMILES string of the molecule is NC(=O)N(NC(=O)[C@@H]1CC[C@@H]2CN1C(=O)N2OS(=O)(=O)O)c1ccccc1. The van der Waals surface area contributed by atoms with Gasteiger partial charge in [-0.25, -0.2) is 14.6 Å². The number of nitrogens with one attached hydrogen (secondary N) is 1. The molecule has 12 nitrogen and oxygen atoms in total. The summed E-state index contributed by atoms with van der Waals surface area (Å²) < 4.78 is 34.9. The topological polar surface area (TPSA) is 163 Å². The van der Waals surface area contributed by atoms with E-state index in [0.717, 1.165) is 9.91 Å². The van der Waals surface area contributed by atoms with Crippen LogP contribution in [0.5, 0.6) is 0 Å². The molecule has 1 aromatic carbocycles. The van der Waals surface area contributed by atoms with E-state index in [1.807, 2.05) is 0 Å². The maximum Gasteiger partial charge on any atom is 0.418 e. The molecule has 1 aromatic rings. The zero-order valence-corrected chi connectivity index (χ0v) is 14.7. The average Bonchev–Trinajstić information content (AvgIpc) is 2.83. The van der Waals surface area contributed by atoms with Crippen molar-refractivity contribution >= 4 is 34.1 Å². The lowest BCUT2D eigenvalue weighted by Crippen LogP contribution is -2.57. The Morgan fingerprint density at radius 1 is 1.26 bits per heavy atom. The van der Waals surface area contributed by atoms with Gasteiger partial charge in [-0.2, -0.15) is 13.5 Å². The van der Waals surface area contributed by atoms with E-state index in [1.54, 1.807) is 30.3 Å². The molecule has 2 bridgehead atoms. The van der Waals surface area contributed by atoms with Crippen LogP contribution in [0.4, 0.5) is 15.3 Å². The van der Waals surface area contributed by atoms with Crippen molar-refractivity contribution in [3.05, 3.63) is 30.3 Å². The molecule has 3 rings (SSSR count). The van der Waals surface area contributed by atoms with E-state index in [-0.39, 0.29) is 19.4 Å². The fourth-order valence-corrected chi connectivity index (χ4v) is 3.50. The van der Waals surface area contributed by atoms with Crippen molar-refractivity contribution in [1.29, 1.82) is 0 Å². The third kappa shape index (κ3) is 3.94. The van der Waals surface area contributed by atoms with Crippen LogP contribution in [0.25, 0.3) is 0 Å². The van der Waals surface area contributed by atoms with Gasteiger partial charge in [0.25, 0.3) is 5.91 Å². The molecule has 13 heteroatoms. The minimum atomic E-state index is -4.87. The first-order valence-electron chi connectivity index (χ1n) is 7.89. The third-order valence-corrected chi connectivity index (χ3v) is 4.61. The minimum absolute atomic E-state index is 0.0361. The summed E-state index contributed by atoms with van der Waals surface area (Å²) in [5.41, 5.74) is 8.01. The Labute approximate surface area is 154 Å². The number of hydrazine groups is 1. The molecule has 146 valence electrons. The summed E-state index contributed by atoms with van der Waals surface area (Å²) in [6.45, 7) is 0.0361. The molecule has 0 radical (unpaired) electrons. The van der Waals surface area contributed by atoms with Crippen molar-refractivity contribution in [1.82, 2.24) is 15.4 Å². The molecule has 0 unspecified atom stereocenters. The van der Waals surface area contributed by atoms with Gasteiger partial charge in [-0.05, 0) is 25.0 Å². The zero-order chi connectivity index (χ0) is 19.8. The second-order valence-electron chi connectivity index (χ2n) is 6.00.